The van der Waals surface area contributed by atoms with Crippen molar-refractivity contribution >= 4 is 27.0 Å². The average Bonchev–Trinajstić information content (AvgIpc) is 3.79. The largest absolute Gasteiger partial charge is 0.491 e. The van der Waals surface area contributed by atoms with Crippen molar-refractivity contribution in [3.8, 4) is 17.0 Å². The van der Waals surface area contributed by atoms with E-state index in [1.807, 2.05) is 19.2 Å². The van der Waals surface area contributed by atoms with E-state index < -0.39 is 16.1 Å². The van der Waals surface area contributed by atoms with Crippen molar-refractivity contribution in [3.63, 3.8) is 0 Å². The molecule has 4 bridgehead atoms. The van der Waals surface area contributed by atoms with Crippen molar-refractivity contribution in [3.05, 3.63) is 53.6 Å². The Morgan fingerprint density at radius 1 is 0.932 bits per heavy atom. The van der Waals surface area contributed by atoms with Crippen molar-refractivity contribution in [1.82, 2.24) is 23.4 Å². The average molecular weight is 620 g/mol. The molecule has 2 fully saturated rings. The molecule has 1 N–H and O–H groups in total. The number of fused-ring (bicyclic) bond motifs is 4. The van der Waals surface area contributed by atoms with Gasteiger partial charge >= 0.3 is 10.2 Å². The Balaban J connectivity index is 1.40. The van der Waals surface area contributed by atoms with Gasteiger partial charge in [-0.2, -0.15) is 12.7 Å². The highest BCUT2D eigenvalue weighted by Gasteiger charge is 2.34. The lowest BCUT2D eigenvalue weighted by atomic mass is 9.81. The lowest BCUT2D eigenvalue weighted by Gasteiger charge is -2.33. The number of rotatable bonds is 3. The van der Waals surface area contributed by atoms with Crippen molar-refractivity contribution < 1.29 is 17.9 Å². The molecule has 10 heteroatoms. The molecule has 0 spiro atoms. The number of aromatic nitrogens is 1. The second kappa shape index (κ2) is 12.1. The van der Waals surface area contributed by atoms with E-state index in [0.29, 0.717) is 50.2 Å². The minimum Gasteiger partial charge on any atom is -0.491 e. The lowest BCUT2D eigenvalue weighted by molar-refractivity contribution is 0.0978. The molecule has 1 amide bonds. The quantitative estimate of drug-likeness (QED) is 0.458. The number of amides is 1. The van der Waals surface area contributed by atoms with E-state index in [9.17, 15) is 13.2 Å². The summed E-state index contributed by atoms with van der Waals surface area (Å²) in [6.07, 6.45) is 8.04. The molecule has 3 aromatic rings. The van der Waals surface area contributed by atoms with E-state index in [1.165, 1.54) is 34.8 Å². The SMILES string of the molecule is CN1CCN(C)C2COc3ccccc3-c3c(C4CCCCC4)c4ccc(cc4n3C2)C(=O)NS(=O)(=O)N(CC2CC2)CC1. The summed E-state index contributed by atoms with van der Waals surface area (Å²) in [5.41, 5.74) is 4.96. The standard InChI is InChI=1S/C34H45N5O4S/c1-36-16-18-37(2)27-22-39-30-20-26(34(40)35-44(41,42)38(19-17-36)21-24-12-13-24)14-15-28(30)32(25-8-4-3-5-9-25)33(39)29-10-6-7-11-31(29)43-23-27/h6-7,10-11,14-15,20,24-25,27H,3-5,8-9,12-13,16-19,21-23H2,1-2H3,(H,35,40). The van der Waals surface area contributed by atoms with Gasteiger partial charge in [-0.15, -0.1) is 0 Å². The van der Waals surface area contributed by atoms with Crippen LogP contribution in [-0.2, 0) is 16.8 Å². The number of hydrogen-bond donors (Lipinski definition) is 1. The highest BCUT2D eigenvalue weighted by molar-refractivity contribution is 7.87. The Labute approximate surface area is 261 Å². The summed E-state index contributed by atoms with van der Waals surface area (Å²) in [6.45, 7) is 4.28. The minimum absolute atomic E-state index is 0.113. The molecule has 3 heterocycles. The summed E-state index contributed by atoms with van der Waals surface area (Å²) in [7, 11) is 0.204. The Kier molecular flexibility index (Phi) is 8.20. The molecule has 0 saturated heterocycles. The van der Waals surface area contributed by atoms with Gasteiger partial charge in [-0.3, -0.25) is 9.69 Å². The van der Waals surface area contributed by atoms with Gasteiger partial charge in [-0.1, -0.05) is 37.5 Å². The van der Waals surface area contributed by atoms with Gasteiger partial charge in [0, 0.05) is 61.3 Å². The molecule has 7 rings (SSSR count). The number of nitrogens with zero attached hydrogens (tertiary/aromatic N) is 4. The predicted octanol–water partition coefficient (Wildman–Crippen LogP) is 4.68. The number of carbonyl (C=O) groups is 1. The number of hydrogen-bond acceptors (Lipinski definition) is 6. The predicted molar refractivity (Wildman–Crippen MR) is 173 cm³/mol. The number of carbonyl (C=O) groups excluding carboxylic acids is 1. The first kappa shape index (κ1) is 29.8. The van der Waals surface area contributed by atoms with Crippen LogP contribution in [0.3, 0.4) is 0 Å². The Hall–Kier alpha value is -2.92. The summed E-state index contributed by atoms with van der Waals surface area (Å²) < 4.78 is 40.1. The zero-order valence-corrected chi connectivity index (χ0v) is 26.8. The monoisotopic (exact) mass is 619 g/mol. The van der Waals surface area contributed by atoms with Crippen molar-refractivity contribution in [1.29, 1.82) is 0 Å². The highest BCUT2D eigenvalue weighted by atomic mass is 32.2. The second-order valence-electron chi connectivity index (χ2n) is 13.4. The normalized spacial score (nSPS) is 24.5. The molecule has 2 aromatic carbocycles. The molecular formula is C34H45N5O4S. The summed E-state index contributed by atoms with van der Waals surface area (Å²) in [6, 6.07) is 14.2. The van der Waals surface area contributed by atoms with E-state index >= 15 is 0 Å². The third-order valence-corrected chi connectivity index (χ3v) is 11.7. The van der Waals surface area contributed by atoms with Gasteiger partial charge in [0.05, 0.1) is 11.7 Å². The summed E-state index contributed by atoms with van der Waals surface area (Å²) in [4.78, 5) is 18.2. The summed E-state index contributed by atoms with van der Waals surface area (Å²) >= 11 is 0. The van der Waals surface area contributed by atoms with Gasteiger partial charge in [0.2, 0.25) is 0 Å². The zero-order chi connectivity index (χ0) is 30.4. The molecule has 1 unspecified atom stereocenters. The van der Waals surface area contributed by atoms with Crippen LogP contribution in [0.1, 0.15) is 66.8 Å². The highest BCUT2D eigenvalue weighted by Crippen LogP contribution is 2.47. The van der Waals surface area contributed by atoms with Crippen LogP contribution in [0.15, 0.2) is 42.5 Å². The van der Waals surface area contributed by atoms with Crippen LogP contribution in [0.4, 0.5) is 0 Å². The van der Waals surface area contributed by atoms with Gasteiger partial charge < -0.3 is 14.2 Å². The number of benzene rings is 2. The van der Waals surface area contributed by atoms with E-state index in [4.69, 9.17) is 4.74 Å². The Bertz CT molecular complexity index is 1640. The van der Waals surface area contributed by atoms with E-state index in [0.717, 1.165) is 61.0 Å². The van der Waals surface area contributed by atoms with E-state index in [2.05, 4.69) is 50.4 Å². The van der Waals surface area contributed by atoms with E-state index in [1.54, 1.807) is 6.07 Å². The first-order valence-electron chi connectivity index (χ1n) is 16.4. The molecule has 0 radical (unpaired) electrons. The molecule has 2 aliphatic heterocycles. The van der Waals surface area contributed by atoms with Gasteiger partial charge in [-0.25, -0.2) is 4.72 Å². The van der Waals surface area contributed by atoms with Crippen LogP contribution in [-0.4, -0.2) is 92.5 Å². The second-order valence-corrected chi connectivity index (χ2v) is 15.1. The molecular weight excluding hydrogens is 574 g/mol. The third kappa shape index (κ3) is 5.89. The van der Waals surface area contributed by atoms with Crippen molar-refractivity contribution in [2.45, 2.75) is 63.5 Å². The van der Waals surface area contributed by atoms with Crippen LogP contribution >= 0.6 is 0 Å². The van der Waals surface area contributed by atoms with Crippen LogP contribution < -0.4 is 9.46 Å². The molecule has 9 nitrogen and oxygen atoms in total. The maximum atomic E-state index is 13.7. The molecule has 1 atom stereocenters. The molecule has 4 aliphatic rings. The fourth-order valence-electron chi connectivity index (χ4n) is 7.35. The Morgan fingerprint density at radius 3 is 2.50 bits per heavy atom. The number of para-hydroxylation sites is 1. The number of ether oxygens (including phenoxy) is 1. The lowest BCUT2D eigenvalue weighted by Crippen LogP contribution is -2.48. The fraction of sp³-hybridized carbons (Fsp3) is 0.559. The Morgan fingerprint density at radius 2 is 1.70 bits per heavy atom. The van der Waals surface area contributed by atoms with Crippen molar-refractivity contribution in [2.75, 3.05) is 53.4 Å². The van der Waals surface area contributed by atoms with Gasteiger partial charge in [0.1, 0.15) is 12.4 Å². The molecule has 2 aliphatic carbocycles. The minimum atomic E-state index is -4.00. The van der Waals surface area contributed by atoms with Crippen LogP contribution in [0, 0.1) is 5.92 Å². The first-order valence-corrected chi connectivity index (χ1v) is 17.8. The topological polar surface area (TPSA) is 87.1 Å². The van der Waals surface area contributed by atoms with Crippen LogP contribution in [0.5, 0.6) is 5.75 Å². The molecule has 1 aromatic heterocycles. The molecule has 44 heavy (non-hydrogen) atoms. The van der Waals surface area contributed by atoms with Gasteiger partial charge in [-0.05, 0) is 81.4 Å². The summed E-state index contributed by atoms with van der Waals surface area (Å²) in [5, 5.41) is 1.15. The van der Waals surface area contributed by atoms with Crippen molar-refractivity contribution in [2.24, 2.45) is 5.92 Å². The van der Waals surface area contributed by atoms with Gasteiger partial charge in [0.25, 0.3) is 5.91 Å². The third-order valence-electron chi connectivity index (χ3n) is 10.3. The smallest absolute Gasteiger partial charge is 0.304 e. The molecule has 236 valence electrons. The fourth-order valence-corrected chi connectivity index (χ4v) is 8.56. The maximum Gasteiger partial charge on any atom is 0.304 e. The first-order chi connectivity index (χ1) is 21.3. The maximum absolute atomic E-state index is 13.7. The van der Waals surface area contributed by atoms with E-state index in [-0.39, 0.29) is 6.04 Å². The zero-order valence-electron chi connectivity index (χ0n) is 26.0. The molecule has 2 saturated carbocycles. The van der Waals surface area contributed by atoms with Crippen LogP contribution in [0.25, 0.3) is 22.2 Å². The van der Waals surface area contributed by atoms with Gasteiger partial charge in [0.15, 0.2) is 0 Å². The number of likely N-dealkylation sites (N-methyl/N-ethyl adjacent to an activating group) is 2. The van der Waals surface area contributed by atoms with Crippen LogP contribution in [0.2, 0.25) is 0 Å². The number of nitrogens with one attached hydrogen (secondary N) is 1. The summed E-state index contributed by atoms with van der Waals surface area (Å²) in [5.74, 6) is 1.10.